The number of rotatable bonds is 7. The molecule has 7 heteroatoms. The van der Waals surface area contributed by atoms with Crippen LogP contribution in [-0.2, 0) is 11.3 Å². The van der Waals surface area contributed by atoms with Gasteiger partial charge in [0.1, 0.15) is 0 Å². The minimum Gasteiger partial charge on any atom is -0.358 e. The van der Waals surface area contributed by atoms with Crippen LogP contribution in [0.4, 0.5) is 5.82 Å². The van der Waals surface area contributed by atoms with E-state index >= 15 is 0 Å². The van der Waals surface area contributed by atoms with E-state index in [0.717, 1.165) is 12.8 Å². The molecule has 1 amide bonds. The Hall–Kier alpha value is -1.92. The molecular weight excluding hydrogens is 224 g/mol. The Morgan fingerprint density at radius 1 is 1.65 bits per heavy atom. The number of aryl methyl sites for hydroxylation is 1. The first-order valence-electron chi connectivity index (χ1n) is 5.58. The maximum absolute atomic E-state index is 11.3. The van der Waals surface area contributed by atoms with Gasteiger partial charge in [-0.15, -0.1) is 0 Å². The molecular formula is C10H16N4O3. The van der Waals surface area contributed by atoms with Gasteiger partial charge in [0.05, 0.1) is 23.9 Å². The van der Waals surface area contributed by atoms with E-state index in [1.165, 1.54) is 16.9 Å². The molecule has 1 rings (SSSR count). The SMILES string of the molecule is CCCCNC(=O)CCn1ccc([N+](=O)[O-])n1. The second kappa shape index (κ2) is 6.62. The molecule has 1 heterocycles. The average Bonchev–Trinajstić information content (AvgIpc) is 2.75. The number of aromatic nitrogens is 2. The van der Waals surface area contributed by atoms with Crippen LogP contribution in [0.15, 0.2) is 12.3 Å². The molecule has 94 valence electrons. The Balaban J connectivity index is 2.29. The van der Waals surface area contributed by atoms with Crippen molar-refractivity contribution in [2.45, 2.75) is 32.7 Å². The summed E-state index contributed by atoms with van der Waals surface area (Å²) < 4.78 is 1.40. The minimum absolute atomic E-state index is 0.0587. The molecule has 17 heavy (non-hydrogen) atoms. The number of amides is 1. The Bertz CT molecular complexity index is 389. The van der Waals surface area contributed by atoms with Gasteiger partial charge in [-0.3, -0.25) is 4.79 Å². The number of nitrogens with zero attached hydrogens (tertiary/aromatic N) is 3. The fourth-order valence-electron chi connectivity index (χ4n) is 1.28. The maximum Gasteiger partial charge on any atom is 0.389 e. The highest BCUT2D eigenvalue weighted by molar-refractivity contribution is 5.75. The zero-order valence-electron chi connectivity index (χ0n) is 9.76. The molecule has 7 nitrogen and oxygen atoms in total. The Morgan fingerprint density at radius 2 is 2.41 bits per heavy atom. The number of carbonyl (C=O) groups excluding carboxylic acids is 1. The highest BCUT2D eigenvalue weighted by Crippen LogP contribution is 2.05. The van der Waals surface area contributed by atoms with Crippen molar-refractivity contribution in [1.82, 2.24) is 15.1 Å². The van der Waals surface area contributed by atoms with E-state index in [1.54, 1.807) is 0 Å². The van der Waals surface area contributed by atoms with E-state index in [0.29, 0.717) is 13.1 Å². The summed E-state index contributed by atoms with van der Waals surface area (Å²) in [6.07, 6.45) is 3.77. The molecule has 1 N–H and O–H groups in total. The van der Waals surface area contributed by atoms with Gasteiger partial charge >= 0.3 is 5.82 Å². The zero-order chi connectivity index (χ0) is 12.7. The summed E-state index contributed by atoms with van der Waals surface area (Å²) in [5, 5.41) is 16.9. The van der Waals surface area contributed by atoms with Gasteiger partial charge in [0, 0.05) is 13.0 Å². The lowest BCUT2D eigenvalue weighted by Gasteiger charge is -2.02. The molecule has 0 aromatic carbocycles. The van der Waals surface area contributed by atoms with Gasteiger partial charge in [0.25, 0.3) is 0 Å². The van der Waals surface area contributed by atoms with Crippen LogP contribution in [-0.4, -0.2) is 27.2 Å². The second-order valence-electron chi connectivity index (χ2n) is 3.65. The third-order valence-corrected chi connectivity index (χ3v) is 2.23. The average molecular weight is 240 g/mol. The molecule has 0 unspecified atom stereocenters. The molecule has 0 radical (unpaired) electrons. The van der Waals surface area contributed by atoms with Gasteiger partial charge in [-0.25, -0.2) is 0 Å². The van der Waals surface area contributed by atoms with Crippen molar-refractivity contribution in [3.8, 4) is 0 Å². The van der Waals surface area contributed by atoms with Crippen LogP contribution in [0.2, 0.25) is 0 Å². The fourth-order valence-corrected chi connectivity index (χ4v) is 1.28. The highest BCUT2D eigenvalue weighted by atomic mass is 16.6. The largest absolute Gasteiger partial charge is 0.389 e. The molecule has 0 bridgehead atoms. The number of nitro groups is 1. The normalized spacial score (nSPS) is 10.2. The predicted molar refractivity (Wildman–Crippen MR) is 61.4 cm³/mol. The molecule has 0 atom stereocenters. The Kier molecular flexibility index (Phi) is 5.12. The molecule has 0 aliphatic carbocycles. The lowest BCUT2D eigenvalue weighted by Crippen LogP contribution is -2.25. The Labute approximate surface area is 99.0 Å². The molecule has 0 aliphatic heterocycles. The summed E-state index contributed by atoms with van der Waals surface area (Å²) in [6.45, 7) is 3.08. The van der Waals surface area contributed by atoms with Gasteiger partial charge in [-0.1, -0.05) is 13.3 Å². The highest BCUT2D eigenvalue weighted by Gasteiger charge is 2.11. The first kappa shape index (κ1) is 13.1. The van der Waals surface area contributed by atoms with Crippen molar-refractivity contribution >= 4 is 11.7 Å². The van der Waals surface area contributed by atoms with Crippen LogP contribution in [0.25, 0.3) is 0 Å². The van der Waals surface area contributed by atoms with Crippen molar-refractivity contribution in [3.05, 3.63) is 22.4 Å². The fraction of sp³-hybridized carbons (Fsp3) is 0.600. The van der Waals surface area contributed by atoms with Crippen molar-refractivity contribution < 1.29 is 9.72 Å². The van der Waals surface area contributed by atoms with Crippen LogP contribution < -0.4 is 5.32 Å². The van der Waals surface area contributed by atoms with Crippen LogP contribution in [0.3, 0.4) is 0 Å². The molecule has 1 aromatic heterocycles. The van der Waals surface area contributed by atoms with Crippen LogP contribution in [0, 0.1) is 10.1 Å². The summed E-state index contributed by atoms with van der Waals surface area (Å²) in [4.78, 5) is 21.2. The summed E-state index contributed by atoms with van der Waals surface area (Å²) in [7, 11) is 0. The quantitative estimate of drug-likeness (QED) is 0.439. The van der Waals surface area contributed by atoms with Gasteiger partial charge < -0.3 is 15.4 Å². The maximum atomic E-state index is 11.3. The van der Waals surface area contributed by atoms with E-state index in [9.17, 15) is 14.9 Å². The van der Waals surface area contributed by atoms with E-state index < -0.39 is 4.92 Å². The molecule has 0 saturated carbocycles. The van der Waals surface area contributed by atoms with E-state index in [2.05, 4.69) is 17.3 Å². The summed E-state index contributed by atoms with van der Waals surface area (Å²) in [6, 6.07) is 1.31. The molecule has 0 spiro atoms. The standard InChI is InChI=1S/C10H16N4O3/c1-2-3-6-11-10(15)5-8-13-7-4-9(12-13)14(16)17/h4,7H,2-3,5-6,8H2,1H3,(H,11,15). The van der Waals surface area contributed by atoms with Crippen molar-refractivity contribution in [1.29, 1.82) is 0 Å². The van der Waals surface area contributed by atoms with Crippen LogP contribution >= 0.6 is 0 Å². The lowest BCUT2D eigenvalue weighted by atomic mass is 10.3. The van der Waals surface area contributed by atoms with E-state index in [4.69, 9.17) is 0 Å². The number of hydrogen-bond donors (Lipinski definition) is 1. The molecule has 0 saturated heterocycles. The molecule has 0 fully saturated rings. The Morgan fingerprint density at radius 3 is 3.00 bits per heavy atom. The first-order chi connectivity index (χ1) is 8.13. The van der Waals surface area contributed by atoms with Gasteiger partial charge in [-0.05, 0) is 11.3 Å². The van der Waals surface area contributed by atoms with Crippen LogP contribution in [0.5, 0.6) is 0 Å². The van der Waals surface area contributed by atoms with Gasteiger partial charge in [0.2, 0.25) is 5.91 Å². The van der Waals surface area contributed by atoms with Crippen molar-refractivity contribution in [2.75, 3.05) is 6.54 Å². The number of nitrogens with one attached hydrogen (secondary N) is 1. The minimum atomic E-state index is -0.558. The van der Waals surface area contributed by atoms with Crippen molar-refractivity contribution in [2.24, 2.45) is 0 Å². The topological polar surface area (TPSA) is 90.1 Å². The smallest absolute Gasteiger partial charge is 0.358 e. The second-order valence-corrected chi connectivity index (χ2v) is 3.65. The van der Waals surface area contributed by atoms with E-state index in [-0.39, 0.29) is 18.1 Å². The summed E-state index contributed by atoms with van der Waals surface area (Å²) >= 11 is 0. The third kappa shape index (κ3) is 4.62. The zero-order valence-corrected chi connectivity index (χ0v) is 9.76. The molecule has 0 aliphatic rings. The first-order valence-corrected chi connectivity index (χ1v) is 5.58. The number of unbranched alkanes of at least 4 members (excludes halogenated alkanes) is 1. The van der Waals surface area contributed by atoms with E-state index in [1.807, 2.05) is 0 Å². The lowest BCUT2D eigenvalue weighted by molar-refractivity contribution is -0.389. The van der Waals surface area contributed by atoms with Crippen LogP contribution in [0.1, 0.15) is 26.2 Å². The van der Waals surface area contributed by atoms with Crippen molar-refractivity contribution in [3.63, 3.8) is 0 Å². The van der Waals surface area contributed by atoms with Gasteiger partial charge in [-0.2, -0.15) is 4.68 Å². The number of hydrogen-bond acceptors (Lipinski definition) is 4. The third-order valence-electron chi connectivity index (χ3n) is 2.23. The molecule has 1 aromatic rings. The summed E-state index contributed by atoms with van der Waals surface area (Å²) in [5.41, 5.74) is 0. The predicted octanol–water partition coefficient (Wildman–Crippen LogP) is 1.10. The summed E-state index contributed by atoms with van der Waals surface area (Å²) in [5.74, 6) is -0.256. The monoisotopic (exact) mass is 240 g/mol. The number of carbonyl (C=O) groups is 1. The van der Waals surface area contributed by atoms with Gasteiger partial charge in [0.15, 0.2) is 0 Å².